The molecular formula is C21H24N4O6. The Morgan fingerprint density at radius 1 is 1.29 bits per heavy atom. The third-order valence-corrected chi connectivity index (χ3v) is 5.36. The number of urea groups is 1. The van der Waals surface area contributed by atoms with Crippen molar-refractivity contribution in [2.24, 2.45) is 5.41 Å². The summed E-state index contributed by atoms with van der Waals surface area (Å²) >= 11 is 0. The molecule has 1 N–H and O–H groups in total. The van der Waals surface area contributed by atoms with Gasteiger partial charge < -0.3 is 14.5 Å². The zero-order valence-electron chi connectivity index (χ0n) is 17.8. The molecule has 2 saturated heterocycles. The summed E-state index contributed by atoms with van der Waals surface area (Å²) < 4.78 is 10.8. The van der Waals surface area contributed by atoms with E-state index in [0.717, 1.165) is 11.3 Å². The quantitative estimate of drug-likeness (QED) is 0.586. The van der Waals surface area contributed by atoms with Crippen molar-refractivity contribution in [2.75, 3.05) is 11.6 Å². The Hall–Kier alpha value is -3.43. The molecule has 1 unspecified atom stereocenters. The first-order chi connectivity index (χ1) is 14.6. The third kappa shape index (κ3) is 3.73. The fourth-order valence-electron chi connectivity index (χ4n) is 3.56. The molecule has 10 nitrogen and oxygen atoms in total. The lowest BCUT2D eigenvalue weighted by atomic mass is 9.98. The highest BCUT2D eigenvalue weighted by Gasteiger charge is 2.42. The number of imide groups is 1. The number of fused-ring (bicyclic) bond motifs is 1. The molecule has 2 aliphatic rings. The summed E-state index contributed by atoms with van der Waals surface area (Å²) in [6.45, 7) is 6.52. The standard InChI is InChI=1S/C21H24N4O6/c1-11-5-8-16(26)25(11)15-7-6-13-12(22-15)9-14(31-13)17-18(27)24(20(29)23-17)10-30-19(28)21(2,3)4/h6-7,9,11,17H,5,8,10H2,1-4H3,(H,23,29)/t11?,17-/m0/s1. The van der Waals surface area contributed by atoms with Gasteiger partial charge in [-0.15, -0.1) is 0 Å². The van der Waals surface area contributed by atoms with E-state index in [1.165, 1.54) is 0 Å². The molecule has 0 aromatic carbocycles. The number of pyridine rings is 1. The molecule has 0 spiro atoms. The van der Waals surface area contributed by atoms with Crippen LogP contribution in [-0.2, 0) is 19.1 Å². The van der Waals surface area contributed by atoms with Gasteiger partial charge in [0.1, 0.15) is 17.1 Å². The Kier molecular flexibility index (Phi) is 4.95. The van der Waals surface area contributed by atoms with Crippen molar-refractivity contribution in [1.82, 2.24) is 15.2 Å². The van der Waals surface area contributed by atoms with E-state index >= 15 is 0 Å². The predicted molar refractivity (Wildman–Crippen MR) is 109 cm³/mol. The summed E-state index contributed by atoms with van der Waals surface area (Å²) in [5.74, 6) is -0.366. The molecule has 10 heteroatoms. The van der Waals surface area contributed by atoms with E-state index in [-0.39, 0.29) is 17.7 Å². The minimum Gasteiger partial charge on any atom is -0.457 e. The minimum atomic E-state index is -1.05. The Morgan fingerprint density at radius 3 is 2.68 bits per heavy atom. The monoisotopic (exact) mass is 428 g/mol. The molecule has 4 amide bonds. The summed E-state index contributed by atoms with van der Waals surface area (Å²) in [6, 6.07) is 3.28. The van der Waals surface area contributed by atoms with Crippen LogP contribution in [0.2, 0.25) is 0 Å². The maximum atomic E-state index is 12.7. The van der Waals surface area contributed by atoms with Crippen molar-refractivity contribution in [3.8, 4) is 0 Å². The number of aromatic nitrogens is 1. The SMILES string of the molecule is CC1CCC(=O)N1c1ccc2oc([C@@H]3NC(=O)N(COC(=O)C(C)(C)C)C3=O)cc2n1. The van der Waals surface area contributed by atoms with Gasteiger partial charge in [0, 0.05) is 18.5 Å². The average molecular weight is 428 g/mol. The lowest BCUT2D eigenvalue weighted by Crippen LogP contribution is -2.36. The molecule has 4 rings (SSSR count). The minimum absolute atomic E-state index is 0.0155. The van der Waals surface area contributed by atoms with Crippen LogP contribution < -0.4 is 10.2 Å². The van der Waals surface area contributed by atoms with Crippen LogP contribution in [0.4, 0.5) is 10.6 Å². The molecule has 31 heavy (non-hydrogen) atoms. The fourth-order valence-corrected chi connectivity index (χ4v) is 3.56. The van der Waals surface area contributed by atoms with Gasteiger partial charge in [0.05, 0.1) is 5.41 Å². The van der Waals surface area contributed by atoms with E-state index in [9.17, 15) is 19.2 Å². The lowest BCUT2D eigenvalue weighted by Gasteiger charge is -2.20. The number of nitrogens with zero attached hydrogens (tertiary/aromatic N) is 3. The molecule has 0 bridgehead atoms. The van der Waals surface area contributed by atoms with Gasteiger partial charge in [-0.1, -0.05) is 0 Å². The van der Waals surface area contributed by atoms with Gasteiger partial charge in [-0.25, -0.2) is 14.7 Å². The highest BCUT2D eigenvalue weighted by molar-refractivity contribution is 6.04. The van der Waals surface area contributed by atoms with Gasteiger partial charge in [-0.2, -0.15) is 0 Å². The predicted octanol–water partition coefficient (Wildman–Crippen LogP) is 2.48. The van der Waals surface area contributed by atoms with Gasteiger partial charge in [-0.3, -0.25) is 19.3 Å². The van der Waals surface area contributed by atoms with Crippen molar-refractivity contribution in [3.05, 3.63) is 24.0 Å². The molecule has 4 heterocycles. The van der Waals surface area contributed by atoms with Crippen LogP contribution in [0.3, 0.4) is 0 Å². The van der Waals surface area contributed by atoms with Crippen LogP contribution in [-0.4, -0.2) is 46.5 Å². The van der Waals surface area contributed by atoms with Crippen molar-refractivity contribution in [1.29, 1.82) is 0 Å². The molecule has 0 radical (unpaired) electrons. The Labute approximate surface area is 178 Å². The zero-order valence-corrected chi connectivity index (χ0v) is 17.8. The number of ether oxygens (including phenoxy) is 1. The highest BCUT2D eigenvalue weighted by atomic mass is 16.5. The van der Waals surface area contributed by atoms with Crippen molar-refractivity contribution >= 4 is 40.7 Å². The number of hydrogen-bond donors (Lipinski definition) is 1. The first kappa shape index (κ1) is 20.8. The Balaban J connectivity index is 1.53. The second-order valence-corrected chi connectivity index (χ2v) is 8.81. The first-order valence-electron chi connectivity index (χ1n) is 10.1. The van der Waals surface area contributed by atoms with Crippen LogP contribution in [0.15, 0.2) is 22.6 Å². The molecule has 0 aliphatic carbocycles. The van der Waals surface area contributed by atoms with Gasteiger partial charge in [0.2, 0.25) is 5.91 Å². The summed E-state index contributed by atoms with van der Waals surface area (Å²) in [7, 11) is 0. The number of carbonyl (C=O) groups is 4. The van der Waals surface area contributed by atoms with Crippen molar-refractivity contribution < 1.29 is 28.3 Å². The lowest BCUT2D eigenvalue weighted by molar-refractivity contribution is -0.158. The maximum absolute atomic E-state index is 12.7. The van der Waals surface area contributed by atoms with Crippen LogP contribution in [0.1, 0.15) is 52.3 Å². The van der Waals surface area contributed by atoms with E-state index in [0.29, 0.717) is 23.3 Å². The number of nitrogens with one attached hydrogen (secondary N) is 1. The summed E-state index contributed by atoms with van der Waals surface area (Å²) in [5.41, 5.74) is 0.145. The topological polar surface area (TPSA) is 122 Å². The van der Waals surface area contributed by atoms with Crippen LogP contribution >= 0.6 is 0 Å². The number of anilines is 1. The maximum Gasteiger partial charge on any atom is 0.327 e. The number of hydrogen-bond acceptors (Lipinski definition) is 7. The molecule has 2 aromatic heterocycles. The molecule has 2 aliphatic heterocycles. The van der Waals surface area contributed by atoms with E-state index in [1.54, 1.807) is 43.9 Å². The van der Waals surface area contributed by atoms with Crippen LogP contribution in [0.5, 0.6) is 0 Å². The zero-order chi connectivity index (χ0) is 22.5. The van der Waals surface area contributed by atoms with E-state index in [2.05, 4.69) is 10.3 Å². The Bertz CT molecular complexity index is 1090. The van der Waals surface area contributed by atoms with Crippen molar-refractivity contribution in [3.63, 3.8) is 0 Å². The molecule has 2 atom stereocenters. The third-order valence-electron chi connectivity index (χ3n) is 5.36. The molecule has 164 valence electrons. The van der Waals surface area contributed by atoms with E-state index in [1.807, 2.05) is 6.92 Å². The van der Waals surface area contributed by atoms with Crippen LogP contribution in [0, 0.1) is 5.41 Å². The molecule has 2 fully saturated rings. The number of amides is 4. The van der Waals surface area contributed by atoms with Gasteiger partial charge in [-0.05, 0) is 46.2 Å². The smallest absolute Gasteiger partial charge is 0.327 e. The van der Waals surface area contributed by atoms with Crippen molar-refractivity contribution in [2.45, 2.75) is 52.6 Å². The number of carbonyl (C=O) groups excluding carboxylic acids is 4. The average Bonchev–Trinajstić information content (AvgIpc) is 3.34. The second-order valence-electron chi connectivity index (χ2n) is 8.81. The number of esters is 1. The van der Waals surface area contributed by atoms with Gasteiger partial charge >= 0.3 is 12.0 Å². The molecule has 2 aromatic rings. The first-order valence-corrected chi connectivity index (χ1v) is 10.1. The number of rotatable bonds is 4. The summed E-state index contributed by atoms with van der Waals surface area (Å²) in [4.78, 5) is 56.1. The fraction of sp³-hybridized carbons (Fsp3) is 0.476. The molecular weight excluding hydrogens is 404 g/mol. The van der Waals surface area contributed by atoms with E-state index < -0.39 is 36.1 Å². The largest absolute Gasteiger partial charge is 0.457 e. The summed E-state index contributed by atoms with van der Waals surface area (Å²) in [5, 5.41) is 2.54. The van der Waals surface area contributed by atoms with Crippen LogP contribution in [0.25, 0.3) is 11.1 Å². The summed E-state index contributed by atoms with van der Waals surface area (Å²) in [6.07, 6.45) is 1.25. The van der Waals surface area contributed by atoms with E-state index in [4.69, 9.17) is 9.15 Å². The second kappa shape index (κ2) is 7.36. The number of furan rings is 1. The normalized spacial score (nSPS) is 21.9. The molecule has 0 saturated carbocycles. The highest BCUT2D eigenvalue weighted by Crippen LogP contribution is 2.31. The van der Waals surface area contributed by atoms with Gasteiger partial charge in [0.25, 0.3) is 5.91 Å². The van der Waals surface area contributed by atoms with Gasteiger partial charge in [0.15, 0.2) is 18.4 Å². The Morgan fingerprint density at radius 2 is 2.03 bits per heavy atom.